The Labute approximate surface area is 167 Å². The van der Waals surface area contributed by atoms with Crippen LogP contribution in [0.4, 0.5) is 30.6 Å². The van der Waals surface area contributed by atoms with E-state index in [0.717, 1.165) is 11.9 Å². The summed E-state index contributed by atoms with van der Waals surface area (Å²) in [7, 11) is 0. The second-order valence-electron chi connectivity index (χ2n) is 6.21. The van der Waals surface area contributed by atoms with E-state index in [2.05, 4.69) is 25.3 Å². The summed E-state index contributed by atoms with van der Waals surface area (Å²) in [5.41, 5.74) is 1.19. The highest BCUT2D eigenvalue weighted by Crippen LogP contribution is 2.37. The van der Waals surface area contributed by atoms with Gasteiger partial charge in [0, 0.05) is 40.6 Å². The van der Waals surface area contributed by atoms with Gasteiger partial charge in [0.2, 0.25) is 5.95 Å². The summed E-state index contributed by atoms with van der Waals surface area (Å²) in [6.07, 6.45) is -1.73. The number of anilines is 3. The van der Waals surface area contributed by atoms with Crippen LogP contribution in [0, 0.1) is 0 Å². The maximum Gasteiger partial charge on any atom is 0.421 e. The predicted molar refractivity (Wildman–Crippen MR) is 100 cm³/mol. The number of nitrogens with zero attached hydrogens (tertiary/aromatic N) is 4. The van der Waals surface area contributed by atoms with Gasteiger partial charge in [0.05, 0.1) is 18.6 Å². The van der Waals surface area contributed by atoms with Crippen molar-refractivity contribution >= 4 is 40.7 Å². The van der Waals surface area contributed by atoms with Crippen molar-refractivity contribution in [3.05, 3.63) is 57.7 Å². The van der Waals surface area contributed by atoms with Gasteiger partial charge in [-0.15, -0.1) is 0 Å². The summed E-state index contributed by atoms with van der Waals surface area (Å²) in [5, 5.41) is 3.61. The molecule has 1 aliphatic rings. The maximum absolute atomic E-state index is 13.5. The average molecular weight is 429 g/mol. The van der Waals surface area contributed by atoms with Crippen LogP contribution in [0.2, 0.25) is 10.0 Å². The molecule has 3 heterocycles. The zero-order valence-corrected chi connectivity index (χ0v) is 15.7. The molecule has 28 heavy (non-hydrogen) atoms. The van der Waals surface area contributed by atoms with Gasteiger partial charge in [0.15, 0.2) is 0 Å². The van der Waals surface area contributed by atoms with E-state index >= 15 is 0 Å². The van der Waals surface area contributed by atoms with Gasteiger partial charge < -0.3 is 15.2 Å². The highest BCUT2D eigenvalue weighted by atomic mass is 35.5. The van der Waals surface area contributed by atoms with E-state index in [1.165, 1.54) is 6.33 Å². The molecule has 4 rings (SSSR count). The van der Waals surface area contributed by atoms with Gasteiger partial charge in [-0.3, -0.25) is 0 Å². The van der Waals surface area contributed by atoms with Crippen molar-refractivity contribution in [2.75, 3.05) is 16.8 Å². The molecule has 0 saturated heterocycles. The number of aromatic amines is 1. The van der Waals surface area contributed by atoms with E-state index in [-0.39, 0.29) is 18.3 Å². The van der Waals surface area contributed by atoms with Crippen molar-refractivity contribution in [1.29, 1.82) is 0 Å². The molecule has 0 bridgehead atoms. The molecule has 11 heteroatoms. The van der Waals surface area contributed by atoms with Gasteiger partial charge in [-0.2, -0.15) is 18.2 Å². The molecular formula is C17H13Cl2F3N6. The van der Waals surface area contributed by atoms with Crippen LogP contribution in [0.3, 0.4) is 0 Å². The first-order valence-electron chi connectivity index (χ1n) is 8.23. The molecule has 0 aliphatic carbocycles. The van der Waals surface area contributed by atoms with Crippen molar-refractivity contribution in [3.63, 3.8) is 0 Å². The maximum atomic E-state index is 13.5. The van der Waals surface area contributed by atoms with Crippen molar-refractivity contribution in [2.24, 2.45) is 0 Å². The molecule has 6 nitrogen and oxygen atoms in total. The Morgan fingerprint density at radius 1 is 1.11 bits per heavy atom. The molecule has 0 radical (unpaired) electrons. The van der Waals surface area contributed by atoms with E-state index in [0.29, 0.717) is 34.4 Å². The Bertz CT molecular complexity index is 1000. The van der Waals surface area contributed by atoms with Crippen LogP contribution in [-0.4, -0.2) is 26.5 Å². The molecule has 1 aliphatic heterocycles. The first-order chi connectivity index (χ1) is 13.3. The smallest absolute Gasteiger partial charge is 0.350 e. The number of aromatic nitrogens is 4. The Morgan fingerprint density at radius 3 is 2.57 bits per heavy atom. The molecule has 0 spiro atoms. The predicted octanol–water partition coefficient (Wildman–Crippen LogP) is 4.83. The van der Waals surface area contributed by atoms with Crippen LogP contribution in [0.25, 0.3) is 0 Å². The topological polar surface area (TPSA) is 69.7 Å². The minimum Gasteiger partial charge on any atom is -0.350 e. The molecule has 0 fully saturated rings. The molecule has 2 aromatic heterocycles. The molecular weight excluding hydrogens is 416 g/mol. The molecule has 0 atom stereocenters. The quantitative estimate of drug-likeness (QED) is 0.624. The zero-order valence-electron chi connectivity index (χ0n) is 14.2. The number of hydrogen-bond donors (Lipinski definition) is 2. The van der Waals surface area contributed by atoms with Gasteiger partial charge >= 0.3 is 6.18 Å². The largest absolute Gasteiger partial charge is 0.421 e. The Balaban J connectivity index is 1.70. The van der Waals surface area contributed by atoms with Crippen LogP contribution < -0.4 is 10.2 Å². The van der Waals surface area contributed by atoms with Crippen LogP contribution in [0.1, 0.15) is 17.0 Å². The van der Waals surface area contributed by atoms with Crippen molar-refractivity contribution in [3.8, 4) is 0 Å². The minimum absolute atomic E-state index is 0.00848. The Morgan fingerprint density at radius 2 is 1.86 bits per heavy atom. The van der Waals surface area contributed by atoms with Crippen LogP contribution in [0.15, 0.2) is 30.7 Å². The van der Waals surface area contributed by atoms with Crippen LogP contribution >= 0.6 is 23.2 Å². The molecule has 3 aromatic rings. The number of nitrogens with one attached hydrogen (secondary N) is 2. The minimum atomic E-state index is -4.58. The number of halogens is 5. The van der Waals surface area contributed by atoms with Gasteiger partial charge in [-0.05, 0) is 18.2 Å². The third-order valence-corrected chi connectivity index (χ3v) is 4.71. The average Bonchev–Trinajstić information content (AvgIpc) is 3.07. The van der Waals surface area contributed by atoms with Gasteiger partial charge in [-0.25, -0.2) is 9.97 Å². The Kier molecular flexibility index (Phi) is 4.80. The molecule has 0 saturated carbocycles. The number of hydrogen-bond acceptors (Lipinski definition) is 5. The third kappa shape index (κ3) is 3.85. The monoisotopic (exact) mass is 428 g/mol. The fourth-order valence-electron chi connectivity index (χ4n) is 3.02. The fraction of sp³-hybridized carbons (Fsp3) is 0.235. The molecule has 146 valence electrons. The zero-order chi connectivity index (χ0) is 19.9. The van der Waals surface area contributed by atoms with E-state index in [9.17, 15) is 13.2 Å². The lowest BCUT2D eigenvalue weighted by atomic mass is 10.1. The molecule has 2 N–H and O–H groups in total. The SMILES string of the molecule is FC(F)(F)c1cnc(Nc2cc(Cl)cc(Cl)c2)nc1N1CCc2[nH]cnc2C1. The number of benzene rings is 1. The van der Waals surface area contributed by atoms with E-state index < -0.39 is 11.7 Å². The lowest BCUT2D eigenvalue weighted by Crippen LogP contribution is -2.33. The van der Waals surface area contributed by atoms with E-state index in [4.69, 9.17) is 23.2 Å². The molecule has 1 aromatic carbocycles. The summed E-state index contributed by atoms with van der Waals surface area (Å²) in [6, 6.07) is 4.69. The van der Waals surface area contributed by atoms with Gasteiger partial charge in [-0.1, -0.05) is 23.2 Å². The van der Waals surface area contributed by atoms with Gasteiger partial charge in [0.25, 0.3) is 0 Å². The number of imidazole rings is 1. The second kappa shape index (κ2) is 7.14. The van der Waals surface area contributed by atoms with Gasteiger partial charge in [0.1, 0.15) is 11.4 Å². The molecule has 0 amide bonds. The Hall–Kier alpha value is -2.52. The number of alkyl halides is 3. The van der Waals surface area contributed by atoms with Crippen LogP contribution in [-0.2, 0) is 19.1 Å². The van der Waals surface area contributed by atoms with Crippen molar-refractivity contribution in [1.82, 2.24) is 19.9 Å². The highest BCUT2D eigenvalue weighted by molar-refractivity contribution is 6.35. The summed E-state index contributed by atoms with van der Waals surface area (Å²) in [6.45, 7) is 0.596. The van der Waals surface area contributed by atoms with Crippen LogP contribution in [0.5, 0.6) is 0 Å². The molecule has 0 unspecified atom stereocenters. The first kappa shape index (κ1) is 18.8. The van der Waals surface area contributed by atoms with E-state index in [1.807, 2.05) is 0 Å². The highest BCUT2D eigenvalue weighted by Gasteiger charge is 2.37. The normalized spacial score (nSPS) is 14.1. The summed E-state index contributed by atoms with van der Waals surface area (Å²) in [4.78, 5) is 16.7. The number of fused-ring (bicyclic) bond motifs is 1. The third-order valence-electron chi connectivity index (χ3n) is 4.27. The fourth-order valence-corrected chi connectivity index (χ4v) is 3.54. The lowest BCUT2D eigenvalue weighted by Gasteiger charge is -2.29. The lowest BCUT2D eigenvalue weighted by molar-refractivity contribution is -0.137. The number of H-pyrrole nitrogens is 1. The first-order valence-corrected chi connectivity index (χ1v) is 8.98. The summed E-state index contributed by atoms with van der Waals surface area (Å²) < 4.78 is 40.6. The van der Waals surface area contributed by atoms with Crippen molar-refractivity contribution in [2.45, 2.75) is 19.1 Å². The standard InChI is InChI=1S/C17H13Cl2F3N6/c18-9-3-10(19)5-11(4-9)26-16-23-6-12(17(20,21)22)15(27-16)28-2-1-13-14(7-28)25-8-24-13/h3-6,8H,1-2,7H2,(H,24,25)(H,23,26,27). The summed E-state index contributed by atoms with van der Waals surface area (Å²) in [5.74, 6) is -0.194. The van der Waals surface area contributed by atoms with Crippen molar-refractivity contribution < 1.29 is 13.2 Å². The number of rotatable bonds is 3. The summed E-state index contributed by atoms with van der Waals surface area (Å²) >= 11 is 11.9. The second-order valence-corrected chi connectivity index (χ2v) is 7.08. The van der Waals surface area contributed by atoms with E-state index in [1.54, 1.807) is 23.1 Å².